The van der Waals surface area contributed by atoms with Gasteiger partial charge in [0.2, 0.25) is 0 Å². The molecule has 1 aliphatic rings. The van der Waals surface area contributed by atoms with Gasteiger partial charge in [-0.25, -0.2) is 9.78 Å². The highest BCUT2D eigenvalue weighted by Gasteiger charge is 2.24. The number of thiophene rings is 1. The molecule has 33 heavy (non-hydrogen) atoms. The van der Waals surface area contributed by atoms with Gasteiger partial charge >= 0.3 is 5.97 Å². The summed E-state index contributed by atoms with van der Waals surface area (Å²) in [7, 11) is 0. The fourth-order valence-corrected chi connectivity index (χ4v) is 5.39. The number of nitrogens with zero attached hydrogens (tertiary/aromatic N) is 3. The lowest BCUT2D eigenvalue weighted by molar-refractivity contribution is 0.0691. The van der Waals surface area contributed by atoms with Crippen LogP contribution >= 0.6 is 11.3 Å². The summed E-state index contributed by atoms with van der Waals surface area (Å²) < 4.78 is 8.08. The number of likely N-dealkylation sites (tertiary alicyclic amines) is 1. The molecule has 4 aromatic rings. The van der Waals surface area contributed by atoms with Crippen LogP contribution < -0.4 is 4.74 Å². The summed E-state index contributed by atoms with van der Waals surface area (Å²) in [6, 6.07) is 15.3. The SMILES string of the molecule is O=C(O)c1ccccc1OCCN1CCC(c2cn(Cc3cccs3)c3ncccc23)CC1. The number of benzene rings is 1. The molecule has 0 radical (unpaired) electrons. The van der Waals surface area contributed by atoms with Crippen LogP contribution in [0.5, 0.6) is 5.75 Å². The molecule has 0 aliphatic carbocycles. The van der Waals surface area contributed by atoms with E-state index in [0.717, 1.165) is 44.7 Å². The highest BCUT2D eigenvalue weighted by Crippen LogP contribution is 2.34. The van der Waals surface area contributed by atoms with Crippen molar-refractivity contribution in [3.8, 4) is 5.75 Å². The van der Waals surface area contributed by atoms with Crippen LogP contribution in [0.3, 0.4) is 0 Å². The Balaban J connectivity index is 1.21. The average Bonchev–Trinajstić information content (AvgIpc) is 3.48. The standard InChI is InChI=1S/C26H27N3O3S/c30-26(31)22-6-1-2-8-24(22)32-15-14-28-12-9-19(10-13-28)23-18-29(17-20-5-4-16-33-20)25-21(23)7-3-11-27-25/h1-8,11,16,18-19H,9-10,12-15,17H2,(H,30,31). The molecular formula is C26H27N3O3S. The maximum absolute atomic E-state index is 11.3. The Morgan fingerprint density at radius 2 is 1.97 bits per heavy atom. The van der Waals surface area contributed by atoms with Gasteiger partial charge in [-0.15, -0.1) is 11.3 Å². The van der Waals surface area contributed by atoms with Crippen molar-refractivity contribution < 1.29 is 14.6 Å². The van der Waals surface area contributed by atoms with Gasteiger partial charge in [0.05, 0.1) is 6.54 Å². The normalized spacial score (nSPS) is 15.2. The fourth-order valence-electron chi connectivity index (χ4n) is 4.69. The Bertz CT molecular complexity index is 1230. The number of para-hydroxylation sites is 1. The number of ether oxygens (including phenoxy) is 1. The number of carboxylic acids is 1. The molecule has 0 amide bonds. The van der Waals surface area contributed by atoms with E-state index in [9.17, 15) is 9.90 Å². The fraction of sp³-hybridized carbons (Fsp3) is 0.308. The first-order valence-electron chi connectivity index (χ1n) is 11.3. The zero-order valence-corrected chi connectivity index (χ0v) is 19.2. The van der Waals surface area contributed by atoms with Crippen molar-refractivity contribution in [3.63, 3.8) is 0 Å². The molecule has 6 nitrogen and oxygen atoms in total. The first-order chi connectivity index (χ1) is 16.2. The Morgan fingerprint density at radius 3 is 2.76 bits per heavy atom. The number of hydrogen-bond acceptors (Lipinski definition) is 5. The second-order valence-electron chi connectivity index (χ2n) is 8.43. The Labute approximate surface area is 197 Å². The molecule has 1 saturated heterocycles. The molecule has 5 rings (SSSR count). The Morgan fingerprint density at radius 1 is 1.12 bits per heavy atom. The van der Waals surface area contributed by atoms with Crippen LogP contribution in [0.1, 0.15) is 39.6 Å². The number of aromatic carboxylic acids is 1. The van der Waals surface area contributed by atoms with Crippen molar-refractivity contribution in [3.05, 3.63) is 82.3 Å². The van der Waals surface area contributed by atoms with Crippen LogP contribution in [0.25, 0.3) is 11.0 Å². The molecule has 3 aromatic heterocycles. The van der Waals surface area contributed by atoms with Gasteiger partial charge < -0.3 is 14.4 Å². The number of piperidine rings is 1. The van der Waals surface area contributed by atoms with Gasteiger partial charge in [-0.2, -0.15) is 0 Å². The third-order valence-corrected chi connectivity index (χ3v) is 7.24. The lowest BCUT2D eigenvalue weighted by Crippen LogP contribution is -2.35. The molecule has 170 valence electrons. The number of hydrogen-bond donors (Lipinski definition) is 1. The lowest BCUT2D eigenvalue weighted by atomic mass is 9.89. The van der Waals surface area contributed by atoms with E-state index in [-0.39, 0.29) is 5.56 Å². The van der Waals surface area contributed by atoms with Gasteiger partial charge in [0.15, 0.2) is 0 Å². The van der Waals surface area contributed by atoms with Crippen LogP contribution in [0, 0.1) is 0 Å². The lowest BCUT2D eigenvalue weighted by Gasteiger charge is -2.31. The second kappa shape index (κ2) is 9.77. The quantitative estimate of drug-likeness (QED) is 0.395. The smallest absolute Gasteiger partial charge is 0.339 e. The van der Waals surface area contributed by atoms with Gasteiger partial charge in [-0.05, 0) is 73.1 Å². The summed E-state index contributed by atoms with van der Waals surface area (Å²) in [5.74, 6) is -0.00345. The highest BCUT2D eigenvalue weighted by atomic mass is 32.1. The summed E-state index contributed by atoms with van der Waals surface area (Å²) in [4.78, 5) is 19.8. The van der Waals surface area contributed by atoms with Gasteiger partial charge in [0.1, 0.15) is 23.6 Å². The molecule has 1 fully saturated rings. The Hall–Kier alpha value is -3.16. The molecule has 0 unspecified atom stereocenters. The van der Waals surface area contributed by atoms with E-state index in [1.807, 2.05) is 12.3 Å². The van der Waals surface area contributed by atoms with Crippen LogP contribution in [0.4, 0.5) is 0 Å². The summed E-state index contributed by atoms with van der Waals surface area (Å²) in [6.45, 7) is 4.15. The van der Waals surface area contributed by atoms with Gasteiger partial charge in [0.25, 0.3) is 0 Å². The van der Waals surface area contributed by atoms with Crippen molar-refractivity contribution in [1.29, 1.82) is 0 Å². The van der Waals surface area contributed by atoms with E-state index in [0.29, 0.717) is 18.3 Å². The first-order valence-corrected chi connectivity index (χ1v) is 12.2. The van der Waals surface area contributed by atoms with E-state index in [1.165, 1.54) is 15.8 Å². The topological polar surface area (TPSA) is 67.6 Å². The molecule has 0 saturated carbocycles. The van der Waals surface area contributed by atoms with Gasteiger partial charge in [-0.1, -0.05) is 18.2 Å². The number of rotatable bonds is 8. The van der Waals surface area contributed by atoms with E-state index >= 15 is 0 Å². The van der Waals surface area contributed by atoms with Crippen molar-refractivity contribution >= 4 is 28.3 Å². The van der Waals surface area contributed by atoms with E-state index < -0.39 is 5.97 Å². The number of fused-ring (bicyclic) bond motifs is 1. The summed E-state index contributed by atoms with van der Waals surface area (Å²) in [5.41, 5.74) is 2.68. The average molecular weight is 462 g/mol. The summed E-state index contributed by atoms with van der Waals surface area (Å²) in [6.07, 6.45) is 6.38. The monoisotopic (exact) mass is 461 g/mol. The molecule has 1 N–H and O–H groups in total. The zero-order chi connectivity index (χ0) is 22.6. The molecule has 0 spiro atoms. The van der Waals surface area contributed by atoms with Crippen molar-refractivity contribution in [2.75, 3.05) is 26.2 Å². The third kappa shape index (κ3) is 4.79. The minimum absolute atomic E-state index is 0.212. The minimum atomic E-state index is -0.959. The second-order valence-corrected chi connectivity index (χ2v) is 9.46. The van der Waals surface area contributed by atoms with Gasteiger partial charge in [0, 0.05) is 29.2 Å². The van der Waals surface area contributed by atoms with Crippen LogP contribution in [0.15, 0.2) is 66.3 Å². The molecule has 1 aliphatic heterocycles. The molecule has 1 aromatic carbocycles. The number of carboxylic acid groups (broad SMARTS) is 1. The third-order valence-electron chi connectivity index (χ3n) is 6.38. The highest BCUT2D eigenvalue weighted by molar-refractivity contribution is 7.09. The number of carbonyl (C=O) groups is 1. The number of aromatic nitrogens is 2. The van der Waals surface area contributed by atoms with Crippen molar-refractivity contribution in [2.45, 2.75) is 25.3 Å². The number of pyridine rings is 1. The first kappa shape index (κ1) is 21.7. The maximum atomic E-state index is 11.3. The van der Waals surface area contributed by atoms with E-state index in [2.05, 4.69) is 44.2 Å². The van der Waals surface area contributed by atoms with Crippen LogP contribution in [-0.2, 0) is 6.54 Å². The van der Waals surface area contributed by atoms with Crippen molar-refractivity contribution in [2.24, 2.45) is 0 Å². The largest absolute Gasteiger partial charge is 0.491 e. The van der Waals surface area contributed by atoms with Crippen LogP contribution in [0.2, 0.25) is 0 Å². The van der Waals surface area contributed by atoms with Crippen LogP contribution in [-0.4, -0.2) is 51.8 Å². The molecule has 0 atom stereocenters. The van der Waals surface area contributed by atoms with Crippen molar-refractivity contribution in [1.82, 2.24) is 14.5 Å². The molecular weight excluding hydrogens is 434 g/mol. The van der Waals surface area contributed by atoms with Gasteiger partial charge in [-0.3, -0.25) is 4.90 Å². The zero-order valence-electron chi connectivity index (χ0n) is 18.4. The predicted molar refractivity (Wildman–Crippen MR) is 130 cm³/mol. The predicted octanol–water partition coefficient (Wildman–Crippen LogP) is 5.10. The molecule has 4 heterocycles. The van der Waals surface area contributed by atoms with E-state index in [4.69, 9.17) is 4.74 Å². The maximum Gasteiger partial charge on any atom is 0.339 e. The minimum Gasteiger partial charge on any atom is -0.491 e. The van der Waals surface area contributed by atoms with E-state index in [1.54, 1.807) is 35.6 Å². The summed E-state index contributed by atoms with van der Waals surface area (Å²) in [5, 5.41) is 12.7. The Kier molecular flexibility index (Phi) is 6.41. The summed E-state index contributed by atoms with van der Waals surface area (Å²) >= 11 is 1.78. The molecule has 7 heteroatoms. The molecule has 0 bridgehead atoms.